The lowest BCUT2D eigenvalue weighted by Gasteiger charge is -2.24. The van der Waals surface area contributed by atoms with Crippen molar-refractivity contribution in [2.24, 2.45) is 10.9 Å². The molecule has 0 bridgehead atoms. The molecule has 0 spiro atoms. The summed E-state index contributed by atoms with van der Waals surface area (Å²) < 4.78 is 0. The number of carboxylic acid groups (broad SMARTS) is 1. The van der Waals surface area contributed by atoms with Crippen LogP contribution in [0.1, 0.15) is 13.3 Å². The van der Waals surface area contributed by atoms with Crippen LogP contribution in [0, 0.1) is 0 Å². The van der Waals surface area contributed by atoms with Crippen LogP contribution in [0.2, 0.25) is 0 Å². The molecule has 3 N–H and O–H groups in total. The zero-order chi connectivity index (χ0) is 9.35. The largest absolute Gasteiger partial charge is 0.480 e. The molecule has 0 amide bonds. The van der Waals surface area contributed by atoms with Crippen molar-refractivity contribution in [2.75, 3.05) is 0 Å². The number of carbonyl (C=O) groups is 1. The van der Waals surface area contributed by atoms with Gasteiger partial charge in [0.15, 0.2) is 5.60 Å². The molecule has 1 aliphatic heterocycles. The maximum atomic E-state index is 10.5. The summed E-state index contributed by atoms with van der Waals surface area (Å²) in [4.78, 5) is 15.3. The molecule has 0 unspecified atom stereocenters. The molecule has 1 heterocycles. The van der Waals surface area contributed by atoms with Crippen molar-refractivity contribution in [1.29, 1.82) is 0 Å². The minimum absolute atomic E-state index is 0.238. The Bertz CT molecular complexity index is 243. The Morgan fingerprint density at radius 1 is 2.00 bits per heavy atom. The van der Waals surface area contributed by atoms with Crippen LogP contribution < -0.4 is 5.73 Å². The van der Waals surface area contributed by atoms with Gasteiger partial charge in [-0.25, -0.2) is 0 Å². The monoisotopic (exact) mass is 192 g/mol. The van der Waals surface area contributed by atoms with Crippen molar-refractivity contribution in [2.45, 2.75) is 25.0 Å². The lowest BCUT2D eigenvalue weighted by molar-refractivity contribution is -0.146. The maximum absolute atomic E-state index is 10.5. The number of aliphatic carboxylic acids is 1. The lowest BCUT2D eigenvalue weighted by atomic mass is 9.94. The summed E-state index contributed by atoms with van der Waals surface area (Å²) in [5, 5.41) is 12.3. The van der Waals surface area contributed by atoms with Crippen molar-refractivity contribution in [3.05, 3.63) is 0 Å². The summed E-state index contributed by atoms with van der Waals surface area (Å²) in [6.07, 6.45) is 0.238. The molecule has 0 saturated heterocycles. The fourth-order valence-corrected chi connectivity index (χ4v) is 1.24. The number of nitrogens with zero attached hydrogens (tertiary/aromatic N) is 1. The quantitative estimate of drug-likeness (QED) is 0.651. The SMILES string of the molecule is C[C@]1([C@H](N)C(=O)O)CC(Cl)=NO1. The highest BCUT2D eigenvalue weighted by atomic mass is 35.5. The summed E-state index contributed by atoms with van der Waals surface area (Å²) >= 11 is 5.52. The molecule has 0 radical (unpaired) electrons. The van der Waals surface area contributed by atoms with E-state index in [-0.39, 0.29) is 11.6 Å². The van der Waals surface area contributed by atoms with Crippen molar-refractivity contribution in [1.82, 2.24) is 0 Å². The minimum Gasteiger partial charge on any atom is -0.480 e. The first-order valence-corrected chi connectivity index (χ1v) is 3.72. The highest BCUT2D eigenvalue weighted by Gasteiger charge is 2.43. The fourth-order valence-electron chi connectivity index (χ4n) is 0.936. The van der Waals surface area contributed by atoms with Crippen molar-refractivity contribution in [3.63, 3.8) is 0 Å². The van der Waals surface area contributed by atoms with E-state index < -0.39 is 17.6 Å². The van der Waals surface area contributed by atoms with Gasteiger partial charge in [0, 0.05) is 6.42 Å². The highest BCUT2D eigenvalue weighted by Crippen LogP contribution is 2.27. The van der Waals surface area contributed by atoms with E-state index in [4.69, 9.17) is 27.3 Å². The molecule has 0 aromatic carbocycles. The standard InChI is InChI=1S/C6H9ClN2O3/c1-6(4(8)5(10)11)2-3(7)9-12-6/h4H,2,8H2,1H3,(H,10,11)/t4-,6-/m1/s1. The first-order valence-electron chi connectivity index (χ1n) is 3.34. The van der Waals surface area contributed by atoms with Crippen molar-refractivity contribution in [3.8, 4) is 0 Å². The summed E-state index contributed by atoms with van der Waals surface area (Å²) in [5.74, 6) is -1.13. The summed E-state index contributed by atoms with van der Waals surface area (Å²) in [7, 11) is 0. The first kappa shape index (κ1) is 9.28. The lowest BCUT2D eigenvalue weighted by Crippen LogP contribution is -2.50. The minimum atomic E-state index is -1.13. The van der Waals surface area contributed by atoms with Gasteiger partial charge in [0.1, 0.15) is 11.2 Å². The highest BCUT2D eigenvalue weighted by molar-refractivity contribution is 6.65. The number of carboxylic acids is 1. The Morgan fingerprint density at radius 2 is 2.58 bits per heavy atom. The second-order valence-electron chi connectivity index (χ2n) is 2.86. The molecule has 1 aliphatic rings. The average molecular weight is 193 g/mol. The van der Waals surface area contributed by atoms with Crippen LogP contribution in [0.5, 0.6) is 0 Å². The first-order chi connectivity index (χ1) is 5.46. The summed E-state index contributed by atoms with van der Waals surface area (Å²) in [5.41, 5.74) is 4.35. The Kier molecular flexibility index (Phi) is 2.25. The van der Waals surface area contributed by atoms with Gasteiger partial charge in [-0.15, -0.1) is 0 Å². The Morgan fingerprint density at radius 3 is 2.92 bits per heavy atom. The fraction of sp³-hybridized carbons (Fsp3) is 0.667. The molecular formula is C6H9ClN2O3. The van der Waals surface area contributed by atoms with Crippen LogP contribution >= 0.6 is 11.6 Å². The van der Waals surface area contributed by atoms with Crippen LogP contribution in [-0.4, -0.2) is 27.9 Å². The number of hydrogen-bond acceptors (Lipinski definition) is 4. The molecule has 0 aromatic rings. The number of nitrogens with two attached hydrogens (primary N) is 1. The molecule has 0 aromatic heterocycles. The predicted molar refractivity (Wildman–Crippen MR) is 43.0 cm³/mol. The smallest absolute Gasteiger partial charge is 0.324 e. The van der Waals surface area contributed by atoms with E-state index in [9.17, 15) is 4.79 Å². The van der Waals surface area contributed by atoms with Crippen LogP contribution in [0.3, 0.4) is 0 Å². The van der Waals surface area contributed by atoms with Crippen LogP contribution in [0.25, 0.3) is 0 Å². The van der Waals surface area contributed by atoms with Gasteiger partial charge in [0.05, 0.1) is 0 Å². The van der Waals surface area contributed by atoms with Crippen molar-refractivity contribution >= 4 is 22.7 Å². The van der Waals surface area contributed by atoms with E-state index in [0.717, 1.165) is 0 Å². The molecule has 2 atom stereocenters. The second kappa shape index (κ2) is 2.91. The van der Waals surface area contributed by atoms with E-state index in [0.29, 0.717) is 0 Å². The Labute approximate surface area is 74.1 Å². The molecule has 0 aliphatic carbocycles. The van der Waals surface area contributed by atoms with Crippen LogP contribution in [-0.2, 0) is 9.63 Å². The van der Waals surface area contributed by atoms with E-state index in [1.165, 1.54) is 0 Å². The molecule has 0 saturated carbocycles. The normalized spacial score (nSPS) is 30.8. The third-order valence-corrected chi connectivity index (χ3v) is 1.98. The van der Waals surface area contributed by atoms with Crippen LogP contribution in [0.15, 0.2) is 5.16 Å². The number of rotatable bonds is 2. The van der Waals surface area contributed by atoms with Gasteiger partial charge in [-0.2, -0.15) is 0 Å². The van der Waals surface area contributed by atoms with Gasteiger partial charge in [-0.05, 0) is 6.92 Å². The molecule has 12 heavy (non-hydrogen) atoms. The van der Waals surface area contributed by atoms with Gasteiger partial charge in [0.25, 0.3) is 0 Å². The topological polar surface area (TPSA) is 84.9 Å². The molecule has 5 nitrogen and oxygen atoms in total. The number of oxime groups is 1. The second-order valence-corrected chi connectivity index (χ2v) is 3.30. The molecular weight excluding hydrogens is 184 g/mol. The van der Waals surface area contributed by atoms with E-state index in [1.807, 2.05) is 0 Å². The third kappa shape index (κ3) is 1.51. The van der Waals surface area contributed by atoms with Gasteiger partial charge < -0.3 is 15.7 Å². The van der Waals surface area contributed by atoms with E-state index in [1.54, 1.807) is 6.92 Å². The van der Waals surface area contributed by atoms with Gasteiger partial charge >= 0.3 is 5.97 Å². The molecule has 68 valence electrons. The van der Waals surface area contributed by atoms with E-state index >= 15 is 0 Å². The summed E-state index contributed by atoms with van der Waals surface area (Å²) in [6.45, 7) is 1.56. The molecule has 1 rings (SSSR count). The van der Waals surface area contributed by atoms with Gasteiger partial charge in [-0.1, -0.05) is 16.8 Å². The zero-order valence-electron chi connectivity index (χ0n) is 6.45. The Balaban J connectivity index is 2.70. The Hall–Kier alpha value is -0.810. The zero-order valence-corrected chi connectivity index (χ0v) is 7.21. The number of hydrogen-bond donors (Lipinski definition) is 2. The third-order valence-electron chi connectivity index (χ3n) is 1.77. The number of halogens is 1. The average Bonchev–Trinajstić information content (AvgIpc) is 2.31. The van der Waals surface area contributed by atoms with Crippen molar-refractivity contribution < 1.29 is 14.7 Å². The molecule has 6 heteroatoms. The van der Waals surface area contributed by atoms with Gasteiger partial charge in [-0.3, -0.25) is 4.79 Å². The van der Waals surface area contributed by atoms with E-state index in [2.05, 4.69) is 5.16 Å². The van der Waals surface area contributed by atoms with Crippen LogP contribution in [0.4, 0.5) is 0 Å². The predicted octanol–water partition coefficient (Wildman–Crippen LogP) is 0.130. The van der Waals surface area contributed by atoms with Gasteiger partial charge in [0.2, 0.25) is 0 Å². The maximum Gasteiger partial charge on any atom is 0.324 e. The molecule has 0 fully saturated rings. The summed E-state index contributed by atoms with van der Waals surface area (Å²) in [6, 6.07) is -1.11.